The van der Waals surface area contributed by atoms with Gasteiger partial charge in [0.2, 0.25) is 0 Å². The van der Waals surface area contributed by atoms with E-state index in [-0.39, 0.29) is 5.38 Å². The molecule has 0 aliphatic carbocycles. The highest BCUT2D eigenvalue weighted by atomic mass is 35.5. The Kier molecular flexibility index (Phi) is 10.2. The van der Waals surface area contributed by atoms with Gasteiger partial charge in [-0.25, -0.2) is 0 Å². The van der Waals surface area contributed by atoms with Crippen molar-refractivity contribution in [3.63, 3.8) is 0 Å². The Morgan fingerprint density at radius 1 is 1.21 bits per heavy atom. The van der Waals surface area contributed by atoms with Crippen molar-refractivity contribution in [3.8, 4) is 0 Å². The van der Waals surface area contributed by atoms with Gasteiger partial charge >= 0.3 is 0 Å². The van der Waals surface area contributed by atoms with E-state index in [0.29, 0.717) is 13.2 Å². The minimum absolute atomic E-state index is 0.240. The van der Waals surface area contributed by atoms with Crippen molar-refractivity contribution < 1.29 is 13.9 Å². The van der Waals surface area contributed by atoms with E-state index in [0.717, 1.165) is 12.5 Å². The van der Waals surface area contributed by atoms with E-state index in [2.05, 4.69) is 0 Å². The molecule has 0 saturated heterocycles. The molecule has 0 bridgehead atoms. The van der Waals surface area contributed by atoms with Gasteiger partial charge < -0.3 is 13.9 Å². The van der Waals surface area contributed by atoms with Crippen LogP contribution in [-0.2, 0) is 13.9 Å². The lowest BCUT2D eigenvalue weighted by molar-refractivity contribution is -0.243. The Hall–Kier alpha value is 0.387. The van der Waals surface area contributed by atoms with Crippen LogP contribution in [-0.4, -0.2) is 34.8 Å². The van der Waals surface area contributed by atoms with E-state index in [9.17, 15) is 0 Å². The minimum atomic E-state index is -0.554. The van der Waals surface area contributed by atoms with Crippen LogP contribution in [0.15, 0.2) is 0 Å². The van der Waals surface area contributed by atoms with Gasteiger partial charge in [-0.1, -0.05) is 0 Å². The number of hydrogen-bond donors (Lipinski definition) is 0. The van der Waals surface area contributed by atoms with Crippen LogP contribution < -0.4 is 0 Å². The fourth-order valence-corrected chi connectivity index (χ4v) is 2.70. The predicted molar refractivity (Wildman–Crippen MR) is 61.4 cm³/mol. The molecule has 5 heteroatoms. The largest absolute Gasteiger partial charge is 0.379 e. The van der Waals surface area contributed by atoms with E-state index in [1.54, 1.807) is 0 Å². The van der Waals surface area contributed by atoms with Gasteiger partial charge in [-0.3, -0.25) is 0 Å². The minimum Gasteiger partial charge on any atom is -0.379 e. The lowest BCUT2D eigenvalue weighted by Crippen LogP contribution is -2.23. The predicted octanol–water partition coefficient (Wildman–Crippen LogP) is 1.88. The molecule has 1 unspecified atom stereocenters. The fraction of sp³-hybridized carbons (Fsp3) is 1.00. The molecule has 0 aliphatic heterocycles. The fourth-order valence-electron chi connectivity index (χ4n) is 0.961. The van der Waals surface area contributed by atoms with Crippen molar-refractivity contribution in [1.82, 2.24) is 0 Å². The van der Waals surface area contributed by atoms with E-state index >= 15 is 0 Å². The zero-order valence-electron chi connectivity index (χ0n) is 9.29. The molecule has 0 aliphatic rings. The molecule has 1 atom stereocenters. The van der Waals surface area contributed by atoms with Gasteiger partial charge in [-0.15, -0.1) is 11.6 Å². The maximum absolute atomic E-state index is 5.82. The van der Waals surface area contributed by atoms with Gasteiger partial charge in [0.05, 0.1) is 0 Å². The molecule has 0 aromatic carbocycles. The molecular weight excluding hydrogens is 220 g/mol. The summed E-state index contributed by atoms with van der Waals surface area (Å²) in [6.07, 6.45) is 1.01. The molecule has 3 nitrogen and oxygen atoms in total. The van der Waals surface area contributed by atoms with Crippen LogP contribution in [0.5, 0.6) is 0 Å². The maximum atomic E-state index is 5.82. The maximum Gasteiger partial charge on any atom is 0.261 e. The number of hydrogen-bond acceptors (Lipinski definition) is 3. The second-order valence-electron chi connectivity index (χ2n) is 2.99. The quantitative estimate of drug-likeness (QED) is 0.267. The highest BCUT2D eigenvalue weighted by molar-refractivity contribution is 6.27. The topological polar surface area (TPSA) is 27.7 Å². The SMILES string of the molecule is CCOC(OCC)O[SiH2]CCC(C)Cl. The van der Waals surface area contributed by atoms with Crippen LogP contribution in [0, 0.1) is 0 Å². The molecule has 0 aromatic heterocycles. The van der Waals surface area contributed by atoms with Crippen molar-refractivity contribution in [2.24, 2.45) is 0 Å². The van der Waals surface area contributed by atoms with Crippen molar-refractivity contribution >= 4 is 21.4 Å². The Bertz CT molecular complexity index is 119. The third-order valence-corrected chi connectivity index (χ3v) is 3.03. The summed E-state index contributed by atoms with van der Waals surface area (Å²) in [6, 6.07) is 1.07. The highest BCUT2D eigenvalue weighted by Crippen LogP contribution is 2.05. The highest BCUT2D eigenvalue weighted by Gasteiger charge is 2.07. The normalized spacial score (nSPS) is 14.4. The number of rotatable bonds is 9. The second kappa shape index (κ2) is 9.92. The average molecular weight is 241 g/mol. The molecule has 0 spiro atoms. The number of alkyl halides is 1. The molecule has 0 amide bonds. The summed E-state index contributed by atoms with van der Waals surface area (Å²) in [4.78, 5) is 0. The molecular formula is C9H21ClO3Si. The van der Waals surface area contributed by atoms with Crippen LogP contribution in [0.2, 0.25) is 6.04 Å². The average Bonchev–Trinajstić information content (AvgIpc) is 2.12. The van der Waals surface area contributed by atoms with Gasteiger partial charge in [0.15, 0.2) is 9.76 Å². The van der Waals surface area contributed by atoms with Crippen molar-refractivity contribution in [2.75, 3.05) is 13.2 Å². The summed E-state index contributed by atoms with van der Waals surface area (Å²) in [5.74, 6) is 0. The van der Waals surface area contributed by atoms with Crippen LogP contribution in [0.25, 0.3) is 0 Å². The Balaban J connectivity index is 3.40. The summed E-state index contributed by atoms with van der Waals surface area (Å²) in [6.45, 7) is 6.63. The zero-order valence-corrected chi connectivity index (χ0v) is 11.5. The molecule has 0 radical (unpaired) electrons. The van der Waals surface area contributed by atoms with E-state index in [4.69, 9.17) is 25.5 Å². The van der Waals surface area contributed by atoms with Crippen molar-refractivity contribution in [1.29, 1.82) is 0 Å². The van der Waals surface area contributed by atoms with E-state index < -0.39 is 16.2 Å². The van der Waals surface area contributed by atoms with E-state index in [1.807, 2.05) is 20.8 Å². The van der Waals surface area contributed by atoms with Gasteiger partial charge in [-0.05, 0) is 33.2 Å². The van der Waals surface area contributed by atoms with Crippen LogP contribution in [0.1, 0.15) is 27.2 Å². The molecule has 14 heavy (non-hydrogen) atoms. The first-order chi connectivity index (χ1) is 6.70. The van der Waals surface area contributed by atoms with Crippen molar-refractivity contribution in [2.45, 2.75) is 45.1 Å². The lowest BCUT2D eigenvalue weighted by atomic mass is 10.4. The van der Waals surface area contributed by atoms with Gasteiger partial charge in [0, 0.05) is 18.6 Å². The first-order valence-corrected chi connectivity index (χ1v) is 7.20. The molecule has 86 valence electrons. The third kappa shape index (κ3) is 8.96. The van der Waals surface area contributed by atoms with Gasteiger partial charge in [0.25, 0.3) is 6.48 Å². The summed E-state index contributed by atoms with van der Waals surface area (Å²) >= 11 is 5.82. The summed E-state index contributed by atoms with van der Waals surface area (Å²) < 4.78 is 16.0. The first kappa shape index (κ1) is 14.4. The summed E-state index contributed by atoms with van der Waals surface area (Å²) in [5.41, 5.74) is 0. The Morgan fingerprint density at radius 3 is 2.21 bits per heavy atom. The van der Waals surface area contributed by atoms with Gasteiger partial charge in [0.1, 0.15) is 0 Å². The molecule has 0 aromatic rings. The first-order valence-electron chi connectivity index (χ1n) is 5.19. The zero-order chi connectivity index (χ0) is 10.8. The van der Waals surface area contributed by atoms with E-state index in [1.165, 1.54) is 0 Å². The molecule has 0 rings (SSSR count). The third-order valence-electron chi connectivity index (χ3n) is 1.61. The molecule has 0 N–H and O–H groups in total. The van der Waals surface area contributed by atoms with Crippen LogP contribution in [0.3, 0.4) is 0 Å². The Labute approximate surface area is 94.0 Å². The monoisotopic (exact) mass is 240 g/mol. The van der Waals surface area contributed by atoms with Crippen molar-refractivity contribution in [3.05, 3.63) is 0 Å². The molecule has 0 fully saturated rings. The van der Waals surface area contributed by atoms with Gasteiger partial charge in [-0.2, -0.15) is 0 Å². The smallest absolute Gasteiger partial charge is 0.261 e. The molecule has 0 heterocycles. The molecule has 0 saturated carbocycles. The Morgan fingerprint density at radius 2 is 1.79 bits per heavy atom. The summed E-state index contributed by atoms with van der Waals surface area (Å²) in [7, 11) is -0.554. The summed E-state index contributed by atoms with van der Waals surface area (Å²) in [5, 5.41) is 0.240. The number of ether oxygens (including phenoxy) is 2. The lowest BCUT2D eigenvalue weighted by Gasteiger charge is -2.17. The second-order valence-corrected chi connectivity index (χ2v) is 5.19. The van der Waals surface area contributed by atoms with Crippen LogP contribution in [0.4, 0.5) is 0 Å². The van der Waals surface area contributed by atoms with Crippen LogP contribution >= 0.6 is 11.6 Å². The standard InChI is InChI=1S/C9H21ClO3Si/c1-4-11-9(12-5-2)13-14-7-6-8(3)10/h8-9H,4-7,14H2,1-3H3. The number of halogens is 1.